The number of carbonyl (C=O) groups excluding carboxylic acids is 1. The van der Waals surface area contributed by atoms with Gasteiger partial charge >= 0.3 is 0 Å². The van der Waals surface area contributed by atoms with Gasteiger partial charge in [0.25, 0.3) is 5.91 Å². The monoisotopic (exact) mass is 389 g/mol. The van der Waals surface area contributed by atoms with Crippen molar-refractivity contribution in [3.05, 3.63) is 23.3 Å². The standard InChI is InChI=1S/C12H17N3O3.C10H18/c1-9-13-7-10(11(14-9)8-17-2)12(16)15-3-5-18-6-4-15;1-2-3-9-6-8-4-5-10(9)7-8/h7H,3-6,8H2,1-2H3;8-10H,2-7H2,1H3/t;8?,9-,10?/m.1/s1. The summed E-state index contributed by atoms with van der Waals surface area (Å²) in [6.07, 6.45) is 10.8. The van der Waals surface area contributed by atoms with Crippen molar-refractivity contribution >= 4 is 5.91 Å². The quantitative estimate of drug-likeness (QED) is 0.769. The number of morpholine rings is 1. The number of aryl methyl sites for hydroxylation is 1. The molecular formula is C22H35N3O3. The first-order valence-corrected chi connectivity index (χ1v) is 10.8. The van der Waals surface area contributed by atoms with E-state index in [0.717, 1.165) is 17.8 Å². The van der Waals surface area contributed by atoms with Gasteiger partial charge in [-0.25, -0.2) is 9.97 Å². The molecule has 2 heterocycles. The Morgan fingerprint density at radius 1 is 1.29 bits per heavy atom. The maximum absolute atomic E-state index is 12.3. The predicted octanol–water partition coefficient (Wildman–Crippen LogP) is 3.63. The molecule has 1 aromatic heterocycles. The summed E-state index contributed by atoms with van der Waals surface area (Å²) in [6.45, 7) is 6.82. The van der Waals surface area contributed by atoms with Crippen molar-refractivity contribution in [2.75, 3.05) is 33.4 Å². The Hall–Kier alpha value is -1.53. The van der Waals surface area contributed by atoms with Crippen LogP contribution < -0.4 is 0 Å². The number of fused-ring (bicyclic) bond motifs is 2. The molecule has 1 aromatic rings. The third kappa shape index (κ3) is 5.29. The van der Waals surface area contributed by atoms with Crippen LogP contribution in [0.2, 0.25) is 0 Å². The number of methoxy groups -OCH3 is 1. The van der Waals surface area contributed by atoms with Crippen molar-refractivity contribution in [1.82, 2.24) is 14.9 Å². The van der Waals surface area contributed by atoms with E-state index in [0.29, 0.717) is 50.0 Å². The normalized spacial score (nSPS) is 26.1. The smallest absolute Gasteiger partial charge is 0.257 e. The Balaban J connectivity index is 0.000000188. The molecule has 1 amide bonds. The van der Waals surface area contributed by atoms with Crippen molar-refractivity contribution in [1.29, 1.82) is 0 Å². The van der Waals surface area contributed by atoms with Crippen LogP contribution in [0.1, 0.15) is 67.3 Å². The van der Waals surface area contributed by atoms with Gasteiger partial charge in [0.2, 0.25) is 0 Å². The molecule has 4 rings (SSSR count). The second kappa shape index (κ2) is 10.3. The van der Waals surface area contributed by atoms with E-state index in [2.05, 4.69) is 16.9 Å². The third-order valence-electron chi connectivity index (χ3n) is 6.34. The zero-order valence-electron chi connectivity index (χ0n) is 17.7. The van der Waals surface area contributed by atoms with Gasteiger partial charge in [-0.15, -0.1) is 0 Å². The van der Waals surface area contributed by atoms with Gasteiger partial charge in [-0.1, -0.05) is 26.2 Å². The lowest BCUT2D eigenvalue weighted by Gasteiger charge is -2.27. The van der Waals surface area contributed by atoms with Gasteiger partial charge < -0.3 is 14.4 Å². The second-order valence-electron chi connectivity index (χ2n) is 8.34. The summed E-state index contributed by atoms with van der Waals surface area (Å²) in [4.78, 5) is 22.5. The van der Waals surface area contributed by atoms with Crippen LogP contribution in [0.3, 0.4) is 0 Å². The van der Waals surface area contributed by atoms with Crippen LogP contribution >= 0.6 is 0 Å². The number of hydrogen-bond donors (Lipinski definition) is 0. The predicted molar refractivity (Wildman–Crippen MR) is 108 cm³/mol. The fraction of sp³-hybridized carbons (Fsp3) is 0.773. The van der Waals surface area contributed by atoms with Crippen LogP contribution in [0.25, 0.3) is 0 Å². The Morgan fingerprint density at radius 2 is 2.07 bits per heavy atom. The van der Waals surface area contributed by atoms with Gasteiger partial charge in [0.1, 0.15) is 5.82 Å². The number of amides is 1. The summed E-state index contributed by atoms with van der Waals surface area (Å²) in [5.74, 6) is 4.04. The van der Waals surface area contributed by atoms with E-state index in [-0.39, 0.29) is 5.91 Å². The molecule has 1 saturated heterocycles. The molecule has 0 N–H and O–H groups in total. The van der Waals surface area contributed by atoms with Gasteiger partial charge in [-0.05, 0) is 43.9 Å². The van der Waals surface area contributed by atoms with E-state index >= 15 is 0 Å². The molecule has 2 saturated carbocycles. The highest BCUT2D eigenvalue weighted by atomic mass is 16.5. The molecule has 28 heavy (non-hydrogen) atoms. The maximum Gasteiger partial charge on any atom is 0.257 e. The largest absolute Gasteiger partial charge is 0.378 e. The highest BCUT2D eigenvalue weighted by Crippen LogP contribution is 2.49. The van der Waals surface area contributed by atoms with E-state index in [1.807, 2.05) is 0 Å². The average Bonchev–Trinajstić information content (AvgIpc) is 3.33. The molecule has 3 atom stereocenters. The molecule has 6 heteroatoms. The lowest BCUT2D eigenvalue weighted by molar-refractivity contribution is 0.0299. The van der Waals surface area contributed by atoms with E-state index in [1.165, 1.54) is 12.8 Å². The first-order valence-electron chi connectivity index (χ1n) is 10.8. The summed E-state index contributed by atoms with van der Waals surface area (Å²) >= 11 is 0. The molecule has 3 aliphatic rings. The van der Waals surface area contributed by atoms with Crippen molar-refractivity contribution in [3.63, 3.8) is 0 Å². The highest BCUT2D eigenvalue weighted by Gasteiger charge is 2.38. The topological polar surface area (TPSA) is 64.6 Å². The number of carbonyl (C=O) groups is 1. The SMILES string of the molecule is CCC[C@@H]1CC2CCC1C2.COCc1nc(C)ncc1C(=O)N1CCOCC1. The van der Waals surface area contributed by atoms with Crippen molar-refractivity contribution in [2.45, 2.75) is 59.0 Å². The Morgan fingerprint density at radius 3 is 2.68 bits per heavy atom. The summed E-state index contributed by atoms with van der Waals surface area (Å²) in [6, 6.07) is 0. The Labute approximate surface area is 169 Å². The van der Waals surface area contributed by atoms with E-state index < -0.39 is 0 Å². The minimum absolute atomic E-state index is 0.0506. The van der Waals surface area contributed by atoms with E-state index in [9.17, 15) is 4.79 Å². The molecule has 3 fully saturated rings. The van der Waals surface area contributed by atoms with Gasteiger partial charge in [0.05, 0.1) is 31.1 Å². The molecular weight excluding hydrogens is 354 g/mol. The second-order valence-corrected chi connectivity index (χ2v) is 8.34. The van der Waals surface area contributed by atoms with Gasteiger partial charge in [0, 0.05) is 26.4 Å². The van der Waals surface area contributed by atoms with Crippen LogP contribution in [0.5, 0.6) is 0 Å². The summed E-state index contributed by atoms with van der Waals surface area (Å²) in [5, 5.41) is 0. The Bertz CT molecular complexity index is 646. The number of rotatable bonds is 5. The number of hydrogen-bond acceptors (Lipinski definition) is 5. The van der Waals surface area contributed by atoms with E-state index in [1.54, 1.807) is 50.8 Å². The fourth-order valence-corrected chi connectivity index (χ4v) is 4.98. The van der Waals surface area contributed by atoms with Crippen LogP contribution in [0.4, 0.5) is 0 Å². The maximum atomic E-state index is 12.3. The highest BCUT2D eigenvalue weighted by molar-refractivity contribution is 5.95. The molecule has 2 unspecified atom stereocenters. The molecule has 0 radical (unpaired) electrons. The van der Waals surface area contributed by atoms with Crippen molar-refractivity contribution < 1.29 is 14.3 Å². The van der Waals surface area contributed by atoms with Crippen LogP contribution in [-0.4, -0.2) is 54.2 Å². The first kappa shape index (κ1) is 21.2. The summed E-state index contributed by atoms with van der Waals surface area (Å²) < 4.78 is 10.3. The van der Waals surface area contributed by atoms with Crippen molar-refractivity contribution in [3.8, 4) is 0 Å². The van der Waals surface area contributed by atoms with Gasteiger partial charge in [-0.2, -0.15) is 0 Å². The van der Waals surface area contributed by atoms with E-state index in [4.69, 9.17) is 9.47 Å². The average molecular weight is 390 g/mol. The Kier molecular flexibility index (Phi) is 7.80. The van der Waals surface area contributed by atoms with Crippen LogP contribution in [0, 0.1) is 24.7 Å². The zero-order chi connectivity index (χ0) is 19.9. The van der Waals surface area contributed by atoms with Crippen molar-refractivity contribution in [2.24, 2.45) is 17.8 Å². The summed E-state index contributed by atoms with van der Waals surface area (Å²) in [5.41, 5.74) is 1.16. The minimum Gasteiger partial charge on any atom is -0.378 e. The van der Waals surface area contributed by atoms with Gasteiger partial charge in [-0.3, -0.25) is 4.79 Å². The number of aromatic nitrogens is 2. The molecule has 156 valence electrons. The molecule has 1 aliphatic heterocycles. The molecule has 6 nitrogen and oxygen atoms in total. The first-order chi connectivity index (χ1) is 13.6. The summed E-state index contributed by atoms with van der Waals surface area (Å²) in [7, 11) is 1.58. The number of nitrogens with zero attached hydrogens (tertiary/aromatic N) is 3. The molecule has 2 bridgehead atoms. The van der Waals surface area contributed by atoms with Gasteiger partial charge in [0.15, 0.2) is 0 Å². The van der Waals surface area contributed by atoms with Crippen LogP contribution in [-0.2, 0) is 16.1 Å². The minimum atomic E-state index is -0.0506. The zero-order valence-corrected chi connectivity index (χ0v) is 17.7. The molecule has 0 aromatic carbocycles. The van der Waals surface area contributed by atoms with Crippen LogP contribution in [0.15, 0.2) is 6.20 Å². The lowest BCUT2D eigenvalue weighted by atomic mass is 9.86. The number of ether oxygens (including phenoxy) is 2. The fourth-order valence-electron chi connectivity index (χ4n) is 4.98. The lowest BCUT2D eigenvalue weighted by Crippen LogP contribution is -2.41. The molecule has 2 aliphatic carbocycles. The molecule has 0 spiro atoms. The third-order valence-corrected chi connectivity index (χ3v) is 6.34.